The zero-order chi connectivity index (χ0) is 21.6. The van der Waals surface area contributed by atoms with Crippen LogP contribution in [0, 0.1) is 0 Å². The van der Waals surface area contributed by atoms with Crippen molar-refractivity contribution < 1.29 is 23.1 Å². The molecular weight excluding hydrogens is 391 g/mol. The Labute approximate surface area is 173 Å². The maximum absolute atomic E-state index is 12.7. The van der Waals surface area contributed by atoms with Gasteiger partial charge in [-0.1, -0.05) is 72.8 Å². The van der Waals surface area contributed by atoms with E-state index in [9.17, 15) is 23.1 Å². The molecule has 30 heavy (non-hydrogen) atoms. The van der Waals surface area contributed by atoms with Crippen LogP contribution in [0.1, 0.15) is 40.7 Å². The van der Waals surface area contributed by atoms with Crippen molar-refractivity contribution in [3.05, 3.63) is 107 Å². The Hall–Kier alpha value is -3.12. The highest BCUT2D eigenvalue weighted by Gasteiger charge is 2.30. The molecule has 0 bridgehead atoms. The molecule has 0 radical (unpaired) electrons. The van der Waals surface area contributed by atoms with Crippen LogP contribution in [0.3, 0.4) is 0 Å². The lowest BCUT2D eigenvalue weighted by molar-refractivity contribution is -0.137. The summed E-state index contributed by atoms with van der Waals surface area (Å²) in [5, 5.41) is 12.9. The highest BCUT2D eigenvalue weighted by Crippen LogP contribution is 2.30. The van der Waals surface area contributed by atoms with E-state index in [4.69, 9.17) is 0 Å². The topological polar surface area (TPSA) is 49.3 Å². The highest BCUT2D eigenvalue weighted by atomic mass is 19.4. The quantitative estimate of drug-likeness (QED) is 0.568. The molecule has 1 amide bonds. The monoisotopic (exact) mass is 413 g/mol. The maximum Gasteiger partial charge on any atom is 0.416 e. The fourth-order valence-corrected chi connectivity index (χ4v) is 3.28. The molecule has 0 spiro atoms. The lowest BCUT2D eigenvalue weighted by Gasteiger charge is -2.19. The third-order valence-corrected chi connectivity index (χ3v) is 4.91. The number of benzene rings is 3. The third-order valence-electron chi connectivity index (χ3n) is 4.91. The fraction of sp³-hybridized carbons (Fsp3) is 0.208. The van der Waals surface area contributed by atoms with E-state index in [1.165, 1.54) is 12.1 Å². The first-order valence-electron chi connectivity index (χ1n) is 9.56. The van der Waals surface area contributed by atoms with Gasteiger partial charge in [-0.05, 0) is 28.8 Å². The second-order valence-corrected chi connectivity index (χ2v) is 7.02. The van der Waals surface area contributed by atoms with Crippen LogP contribution in [0.25, 0.3) is 0 Å². The van der Waals surface area contributed by atoms with Crippen LogP contribution in [-0.2, 0) is 11.0 Å². The minimum Gasteiger partial charge on any atom is -0.387 e. The number of halogens is 3. The van der Waals surface area contributed by atoms with Crippen molar-refractivity contribution in [2.24, 2.45) is 0 Å². The van der Waals surface area contributed by atoms with Gasteiger partial charge in [0.25, 0.3) is 0 Å². The third kappa shape index (κ3) is 5.70. The standard InChI is InChI=1S/C24H22F3NO2/c25-24(26,27)20-13-11-19(12-14-20)22(29)16-28-23(30)15-21(17-7-3-1-4-8-17)18-9-5-2-6-10-18/h1-14,21-22,29H,15-16H2,(H,28,30). The molecule has 3 rings (SSSR count). The second-order valence-electron chi connectivity index (χ2n) is 7.02. The Bertz CT molecular complexity index is 902. The van der Waals surface area contributed by atoms with Crippen LogP contribution in [0.15, 0.2) is 84.9 Å². The Morgan fingerprint density at radius 3 is 1.77 bits per heavy atom. The number of aliphatic hydroxyl groups excluding tert-OH is 1. The van der Waals surface area contributed by atoms with Gasteiger partial charge in [0.15, 0.2) is 0 Å². The number of hydrogen-bond acceptors (Lipinski definition) is 2. The number of amides is 1. The number of hydrogen-bond donors (Lipinski definition) is 2. The lowest BCUT2D eigenvalue weighted by atomic mass is 9.88. The summed E-state index contributed by atoms with van der Waals surface area (Å²) in [7, 11) is 0. The molecule has 0 aromatic heterocycles. The van der Waals surface area contributed by atoms with Crippen LogP contribution in [0.5, 0.6) is 0 Å². The van der Waals surface area contributed by atoms with Crippen molar-refractivity contribution in [3.8, 4) is 0 Å². The Morgan fingerprint density at radius 2 is 1.30 bits per heavy atom. The van der Waals surface area contributed by atoms with Crippen molar-refractivity contribution in [1.29, 1.82) is 0 Å². The van der Waals surface area contributed by atoms with Gasteiger partial charge in [0, 0.05) is 18.9 Å². The average molecular weight is 413 g/mol. The fourth-order valence-electron chi connectivity index (χ4n) is 3.28. The molecule has 1 atom stereocenters. The van der Waals surface area contributed by atoms with Crippen LogP contribution < -0.4 is 5.32 Å². The van der Waals surface area contributed by atoms with Gasteiger partial charge in [0.05, 0.1) is 11.7 Å². The summed E-state index contributed by atoms with van der Waals surface area (Å²) in [4.78, 5) is 12.6. The van der Waals surface area contributed by atoms with E-state index in [1.807, 2.05) is 60.7 Å². The molecule has 0 fully saturated rings. The van der Waals surface area contributed by atoms with E-state index in [2.05, 4.69) is 5.32 Å². The van der Waals surface area contributed by atoms with Gasteiger partial charge in [0.1, 0.15) is 0 Å². The first-order chi connectivity index (χ1) is 14.3. The molecular formula is C24H22F3NO2. The Balaban J connectivity index is 1.63. The predicted octanol–water partition coefficient (Wildman–Crippen LogP) is 5.08. The summed E-state index contributed by atoms with van der Waals surface area (Å²) < 4.78 is 38.0. The summed E-state index contributed by atoms with van der Waals surface area (Å²) in [6.45, 7) is -0.0828. The van der Waals surface area contributed by atoms with Gasteiger partial charge in [-0.3, -0.25) is 4.79 Å². The van der Waals surface area contributed by atoms with Crippen molar-refractivity contribution in [2.75, 3.05) is 6.54 Å². The minimum absolute atomic E-state index is 0.0828. The predicted molar refractivity (Wildman–Crippen MR) is 109 cm³/mol. The summed E-state index contributed by atoms with van der Waals surface area (Å²) in [6, 6.07) is 23.6. The number of alkyl halides is 3. The van der Waals surface area contributed by atoms with Gasteiger partial charge < -0.3 is 10.4 Å². The summed E-state index contributed by atoms with van der Waals surface area (Å²) in [6.07, 6.45) is -5.34. The first-order valence-corrected chi connectivity index (χ1v) is 9.56. The van der Waals surface area contributed by atoms with Crippen LogP contribution in [-0.4, -0.2) is 17.6 Å². The van der Waals surface area contributed by atoms with Crippen molar-refractivity contribution in [1.82, 2.24) is 5.32 Å². The summed E-state index contributed by atoms with van der Waals surface area (Å²) >= 11 is 0. The normalized spacial score (nSPS) is 12.6. The van der Waals surface area contributed by atoms with Gasteiger partial charge in [-0.25, -0.2) is 0 Å². The zero-order valence-electron chi connectivity index (χ0n) is 16.1. The van der Waals surface area contributed by atoms with Gasteiger partial charge in [-0.15, -0.1) is 0 Å². The number of aliphatic hydroxyl groups is 1. The van der Waals surface area contributed by atoms with Crippen molar-refractivity contribution in [2.45, 2.75) is 24.6 Å². The number of rotatable bonds is 7. The first kappa shape index (κ1) is 21.6. The molecule has 0 aliphatic carbocycles. The van der Waals surface area contributed by atoms with Gasteiger partial charge in [-0.2, -0.15) is 13.2 Å². The molecule has 1 unspecified atom stereocenters. The number of carbonyl (C=O) groups excluding carboxylic acids is 1. The Kier molecular flexibility index (Phi) is 6.90. The molecule has 3 aromatic rings. The summed E-state index contributed by atoms with van der Waals surface area (Å²) in [5.41, 5.74) is 1.53. The molecule has 2 N–H and O–H groups in total. The van der Waals surface area contributed by atoms with Gasteiger partial charge in [0.2, 0.25) is 5.91 Å². The van der Waals surface area contributed by atoms with E-state index < -0.39 is 17.8 Å². The number of nitrogens with one attached hydrogen (secondary N) is 1. The van der Waals surface area contributed by atoms with Crippen molar-refractivity contribution >= 4 is 5.91 Å². The van der Waals surface area contributed by atoms with E-state index in [0.717, 1.165) is 23.3 Å². The molecule has 0 saturated heterocycles. The molecule has 0 heterocycles. The maximum atomic E-state index is 12.7. The molecule has 3 nitrogen and oxygen atoms in total. The Morgan fingerprint density at radius 1 is 0.800 bits per heavy atom. The molecule has 6 heteroatoms. The van der Waals surface area contributed by atoms with E-state index >= 15 is 0 Å². The molecule has 0 aliphatic heterocycles. The van der Waals surface area contributed by atoms with Crippen molar-refractivity contribution in [3.63, 3.8) is 0 Å². The zero-order valence-corrected chi connectivity index (χ0v) is 16.1. The minimum atomic E-state index is -4.43. The smallest absolute Gasteiger partial charge is 0.387 e. The van der Waals surface area contributed by atoms with E-state index in [0.29, 0.717) is 5.56 Å². The number of carbonyl (C=O) groups is 1. The van der Waals surface area contributed by atoms with Crippen LogP contribution >= 0.6 is 0 Å². The average Bonchev–Trinajstić information content (AvgIpc) is 2.76. The highest BCUT2D eigenvalue weighted by molar-refractivity contribution is 5.77. The SMILES string of the molecule is O=C(CC(c1ccccc1)c1ccccc1)NCC(O)c1ccc(C(F)(F)F)cc1. The molecule has 156 valence electrons. The second kappa shape index (κ2) is 9.59. The largest absolute Gasteiger partial charge is 0.416 e. The molecule has 0 saturated carbocycles. The van der Waals surface area contributed by atoms with Crippen LogP contribution in [0.2, 0.25) is 0 Å². The molecule has 0 aliphatic rings. The van der Waals surface area contributed by atoms with Crippen LogP contribution in [0.4, 0.5) is 13.2 Å². The summed E-state index contributed by atoms with van der Waals surface area (Å²) in [5.74, 6) is -0.394. The lowest BCUT2D eigenvalue weighted by Crippen LogP contribution is -2.29. The van der Waals surface area contributed by atoms with Gasteiger partial charge >= 0.3 is 6.18 Å². The van der Waals surface area contributed by atoms with E-state index in [-0.39, 0.29) is 24.8 Å². The van der Waals surface area contributed by atoms with E-state index in [1.54, 1.807) is 0 Å². The molecule has 3 aromatic carbocycles.